The van der Waals surface area contributed by atoms with Crippen LogP contribution in [0.25, 0.3) is 0 Å². The van der Waals surface area contributed by atoms with Gasteiger partial charge >= 0.3 is 6.09 Å². The normalized spacial score (nSPS) is 15.6. The van der Waals surface area contributed by atoms with E-state index in [1.807, 2.05) is 58.0 Å². The second-order valence-corrected chi connectivity index (χ2v) is 17.6. The maximum Gasteiger partial charge on any atom is 0.408 e. The van der Waals surface area contributed by atoms with Crippen LogP contribution >= 0.6 is 0 Å². The molecule has 14 nitrogen and oxygen atoms in total. The molecule has 1 aromatic carbocycles. The Morgan fingerprint density at radius 3 is 1.78 bits per heavy atom. The lowest BCUT2D eigenvalue weighted by atomic mass is 9.91. The van der Waals surface area contributed by atoms with Gasteiger partial charge in [-0.05, 0) is 56.9 Å². The van der Waals surface area contributed by atoms with Crippen LogP contribution in [-0.4, -0.2) is 91.1 Å². The molecule has 0 aliphatic carbocycles. The van der Waals surface area contributed by atoms with Crippen molar-refractivity contribution in [3.63, 3.8) is 0 Å². The molecule has 0 saturated heterocycles. The number of aliphatic hydroxyl groups is 1. The van der Waals surface area contributed by atoms with Crippen molar-refractivity contribution in [3.8, 4) is 0 Å². The maximum atomic E-state index is 13.6. The summed E-state index contributed by atoms with van der Waals surface area (Å²) in [7, 11) is -3.80. The Hall–Kier alpha value is -3.72. The number of benzene rings is 1. The molecule has 0 radical (unpaired) electrons. The fraction of sp³-hybridized carbons (Fsp3) is 0.694. The third kappa shape index (κ3) is 17.9. The van der Waals surface area contributed by atoms with E-state index in [0.717, 1.165) is 11.8 Å². The summed E-state index contributed by atoms with van der Waals surface area (Å²) in [5.41, 5.74) is 0.0726. The van der Waals surface area contributed by atoms with Gasteiger partial charge in [0, 0.05) is 18.7 Å². The maximum absolute atomic E-state index is 13.6. The molecule has 290 valence electrons. The highest BCUT2D eigenvalue weighted by molar-refractivity contribution is 7.90. The van der Waals surface area contributed by atoms with Gasteiger partial charge in [-0.1, -0.05) is 78.8 Å². The summed E-state index contributed by atoms with van der Waals surface area (Å²) in [6.07, 6.45) is -0.991. The van der Waals surface area contributed by atoms with Crippen molar-refractivity contribution in [2.45, 2.75) is 124 Å². The first-order valence-corrected chi connectivity index (χ1v) is 19.5. The number of sulfone groups is 1. The van der Waals surface area contributed by atoms with Crippen molar-refractivity contribution < 1.29 is 42.2 Å². The number of alkyl carbamates (subject to hydrolysis) is 1. The fourth-order valence-electron chi connectivity index (χ4n) is 5.18. The predicted molar refractivity (Wildman–Crippen MR) is 196 cm³/mol. The lowest BCUT2D eigenvalue weighted by Gasteiger charge is -2.31. The van der Waals surface area contributed by atoms with Crippen LogP contribution in [0.3, 0.4) is 0 Å². The molecule has 51 heavy (non-hydrogen) atoms. The lowest BCUT2D eigenvalue weighted by Crippen LogP contribution is -2.59. The van der Waals surface area contributed by atoms with Crippen molar-refractivity contribution in [3.05, 3.63) is 35.9 Å². The molecule has 15 heteroatoms. The van der Waals surface area contributed by atoms with Crippen LogP contribution in [0.2, 0.25) is 0 Å². The Morgan fingerprint density at radius 1 is 0.745 bits per heavy atom. The highest BCUT2D eigenvalue weighted by atomic mass is 32.2. The zero-order valence-electron chi connectivity index (χ0n) is 32.0. The van der Waals surface area contributed by atoms with Crippen LogP contribution in [0.15, 0.2) is 30.3 Å². The van der Waals surface area contributed by atoms with Crippen molar-refractivity contribution >= 4 is 39.6 Å². The van der Waals surface area contributed by atoms with E-state index < -0.39 is 87.1 Å². The fourth-order valence-corrected chi connectivity index (χ4v) is 6.02. The summed E-state index contributed by atoms with van der Waals surface area (Å²) in [4.78, 5) is 65.6. The van der Waals surface area contributed by atoms with Gasteiger partial charge in [-0.15, -0.1) is 0 Å². The molecule has 5 amide bonds. The molecule has 0 unspecified atom stereocenters. The van der Waals surface area contributed by atoms with E-state index >= 15 is 0 Å². The molecular weight excluding hydrogens is 678 g/mol. The van der Waals surface area contributed by atoms with Gasteiger partial charge in [0.25, 0.3) is 0 Å². The van der Waals surface area contributed by atoms with E-state index in [0.29, 0.717) is 6.54 Å². The summed E-state index contributed by atoms with van der Waals surface area (Å²) in [5, 5.41) is 24.6. The third-order valence-electron chi connectivity index (χ3n) is 7.84. The topological polar surface area (TPSA) is 209 Å². The molecule has 0 bridgehead atoms. The second kappa shape index (κ2) is 20.4. The number of hydrogen-bond acceptors (Lipinski definition) is 9. The Balaban J connectivity index is 3.08. The Bertz CT molecular complexity index is 1410. The van der Waals surface area contributed by atoms with Gasteiger partial charge in [0.2, 0.25) is 23.6 Å². The van der Waals surface area contributed by atoms with Crippen LogP contribution in [-0.2, 0) is 40.3 Å². The molecule has 0 aliphatic heterocycles. The number of ether oxygens (including phenoxy) is 1. The Labute approximate surface area is 303 Å². The third-order valence-corrected chi connectivity index (χ3v) is 8.78. The van der Waals surface area contributed by atoms with Crippen LogP contribution < -0.4 is 26.6 Å². The van der Waals surface area contributed by atoms with Gasteiger partial charge in [-0.3, -0.25) is 19.2 Å². The van der Waals surface area contributed by atoms with Gasteiger partial charge in [0.05, 0.1) is 17.9 Å². The standard InChI is InChI=1S/C36H61N5O9S/c1-21(2)17-26(28(42)18-24(7)31(43)40-29(22(3)4)33(45)37-19-25-15-13-12-14-16-25)38-32(44)27(20-51(11,48)49)39-34(46)30(23(5)6)41-35(47)50-36(8,9)10/h12-16,21-24,26-30,42H,17-20H2,1-11H3,(H,37,45)(H,38,44)(H,39,46)(H,40,43)(H,41,47)/t24-,26+,27+,28+,29+,30+/m1/s1. The Kier molecular flexibility index (Phi) is 18.1. The molecule has 1 aromatic rings. The first-order chi connectivity index (χ1) is 23.4. The zero-order chi connectivity index (χ0) is 39.3. The van der Waals surface area contributed by atoms with Gasteiger partial charge in [-0.25, -0.2) is 13.2 Å². The van der Waals surface area contributed by atoms with Crippen molar-refractivity contribution in [2.24, 2.45) is 23.7 Å². The summed E-state index contributed by atoms with van der Waals surface area (Å²) < 4.78 is 29.9. The first-order valence-electron chi connectivity index (χ1n) is 17.5. The smallest absolute Gasteiger partial charge is 0.408 e. The molecule has 0 saturated carbocycles. The summed E-state index contributed by atoms with van der Waals surface area (Å²) in [5.74, 6) is -4.68. The average molecular weight is 740 g/mol. The van der Waals surface area contributed by atoms with E-state index in [9.17, 15) is 37.5 Å². The van der Waals surface area contributed by atoms with Crippen molar-refractivity contribution in [1.29, 1.82) is 0 Å². The monoisotopic (exact) mass is 739 g/mol. The second-order valence-electron chi connectivity index (χ2n) is 15.4. The number of rotatable bonds is 19. The molecule has 1 rings (SSSR count). The van der Waals surface area contributed by atoms with Gasteiger partial charge in [0.15, 0.2) is 0 Å². The van der Waals surface area contributed by atoms with E-state index in [1.54, 1.807) is 41.5 Å². The van der Waals surface area contributed by atoms with Crippen molar-refractivity contribution in [2.75, 3.05) is 12.0 Å². The molecule has 0 spiro atoms. The molecule has 0 fully saturated rings. The summed E-state index contributed by atoms with van der Waals surface area (Å²) in [6.45, 7) is 17.6. The number of hydrogen-bond donors (Lipinski definition) is 6. The molecule has 0 aromatic heterocycles. The molecule has 6 atom stereocenters. The molecular formula is C36H61N5O9S. The largest absolute Gasteiger partial charge is 0.444 e. The molecule has 6 N–H and O–H groups in total. The molecule has 0 aliphatic rings. The number of carbonyl (C=O) groups excluding carboxylic acids is 5. The zero-order valence-corrected chi connectivity index (χ0v) is 32.8. The van der Waals surface area contributed by atoms with Crippen molar-refractivity contribution in [1.82, 2.24) is 26.6 Å². The number of amides is 5. The summed E-state index contributed by atoms with van der Waals surface area (Å²) in [6, 6.07) is 4.90. The van der Waals surface area contributed by atoms with Gasteiger partial charge < -0.3 is 36.4 Å². The van der Waals surface area contributed by atoms with E-state index in [1.165, 1.54) is 0 Å². The highest BCUT2D eigenvalue weighted by Crippen LogP contribution is 2.17. The summed E-state index contributed by atoms with van der Waals surface area (Å²) >= 11 is 0. The van der Waals surface area contributed by atoms with E-state index in [2.05, 4.69) is 26.6 Å². The number of aliphatic hydroxyl groups excluding tert-OH is 1. The van der Waals surface area contributed by atoms with Gasteiger partial charge in [-0.2, -0.15) is 0 Å². The van der Waals surface area contributed by atoms with E-state index in [-0.39, 0.29) is 30.6 Å². The van der Waals surface area contributed by atoms with Crippen LogP contribution in [0.5, 0.6) is 0 Å². The van der Waals surface area contributed by atoms with Gasteiger partial charge in [0.1, 0.15) is 33.6 Å². The number of carbonyl (C=O) groups is 5. The number of nitrogens with one attached hydrogen (secondary N) is 5. The van der Waals surface area contributed by atoms with Crippen LogP contribution in [0.1, 0.15) is 87.6 Å². The first kappa shape index (κ1) is 45.3. The minimum atomic E-state index is -3.80. The predicted octanol–water partition coefficient (Wildman–Crippen LogP) is 2.44. The van der Waals surface area contributed by atoms with Crippen LogP contribution in [0.4, 0.5) is 4.79 Å². The lowest BCUT2D eigenvalue weighted by molar-refractivity contribution is -0.133. The van der Waals surface area contributed by atoms with E-state index in [4.69, 9.17) is 4.74 Å². The highest BCUT2D eigenvalue weighted by Gasteiger charge is 2.35. The van der Waals surface area contributed by atoms with Crippen LogP contribution in [0, 0.1) is 23.7 Å². The quantitative estimate of drug-likeness (QED) is 0.123. The molecule has 0 heterocycles. The minimum absolute atomic E-state index is 0.0287. The minimum Gasteiger partial charge on any atom is -0.444 e. The Morgan fingerprint density at radius 2 is 1.29 bits per heavy atom. The average Bonchev–Trinajstić information content (AvgIpc) is 2.98. The SMILES string of the molecule is CC(C)C[C@H](NC(=O)[C@H](CS(C)(=O)=O)NC(=O)[C@@H](NC(=O)OC(C)(C)C)C(C)C)[C@@H](O)C[C@@H](C)C(=O)N[C@H](C(=O)NCc1ccccc1)C(C)C.